The van der Waals surface area contributed by atoms with Gasteiger partial charge in [0.1, 0.15) is 6.61 Å². The van der Waals surface area contributed by atoms with Crippen LogP contribution in [0.15, 0.2) is 47.6 Å². The average molecular weight is 334 g/mol. The molecule has 23 heavy (non-hydrogen) atoms. The van der Waals surface area contributed by atoms with Crippen molar-refractivity contribution in [3.63, 3.8) is 0 Å². The van der Waals surface area contributed by atoms with Gasteiger partial charge in [-0.1, -0.05) is 29.8 Å². The number of benzene rings is 2. The normalized spacial score (nSPS) is 10.5. The first-order valence-electron chi connectivity index (χ1n) is 6.73. The van der Waals surface area contributed by atoms with Crippen molar-refractivity contribution >= 4 is 23.8 Å². The highest BCUT2D eigenvalue weighted by atomic mass is 35.5. The Hall–Kier alpha value is -2.73. The largest absolute Gasteiger partial charge is 0.493 e. The van der Waals surface area contributed by atoms with Crippen molar-refractivity contribution < 1.29 is 14.3 Å². The van der Waals surface area contributed by atoms with Crippen molar-refractivity contribution in [1.29, 1.82) is 0 Å². The van der Waals surface area contributed by atoms with Gasteiger partial charge >= 0.3 is 6.03 Å². The summed E-state index contributed by atoms with van der Waals surface area (Å²) in [6.45, 7) is 0.311. The Balaban J connectivity index is 2.21. The molecule has 6 nitrogen and oxygen atoms in total. The van der Waals surface area contributed by atoms with E-state index in [4.69, 9.17) is 26.8 Å². The molecule has 2 rings (SSSR count). The molecule has 0 heterocycles. The summed E-state index contributed by atoms with van der Waals surface area (Å²) >= 11 is 5.96. The molecule has 0 aliphatic carbocycles. The minimum atomic E-state index is -0.745. The summed E-state index contributed by atoms with van der Waals surface area (Å²) in [5.74, 6) is 1.06. The van der Waals surface area contributed by atoms with Crippen molar-refractivity contribution in [3.05, 3.63) is 58.6 Å². The average Bonchev–Trinajstić information content (AvgIpc) is 2.53. The van der Waals surface area contributed by atoms with Gasteiger partial charge in [-0.3, -0.25) is 0 Å². The van der Waals surface area contributed by atoms with E-state index in [1.54, 1.807) is 31.4 Å². The number of hydrogen-bond acceptors (Lipinski definition) is 4. The molecule has 2 amide bonds. The number of nitrogens with one attached hydrogen (secondary N) is 1. The van der Waals surface area contributed by atoms with Gasteiger partial charge in [0.2, 0.25) is 0 Å². The van der Waals surface area contributed by atoms with E-state index in [1.165, 1.54) is 6.21 Å². The summed E-state index contributed by atoms with van der Waals surface area (Å²) in [5.41, 5.74) is 8.66. The number of primary amides is 1. The van der Waals surface area contributed by atoms with Crippen LogP contribution in [0.5, 0.6) is 11.5 Å². The highest BCUT2D eigenvalue weighted by molar-refractivity contribution is 6.30. The van der Waals surface area contributed by atoms with Gasteiger partial charge in [-0.2, -0.15) is 5.10 Å². The zero-order valence-electron chi connectivity index (χ0n) is 12.5. The molecule has 0 aliphatic heterocycles. The lowest BCUT2D eigenvalue weighted by molar-refractivity contribution is 0.249. The predicted molar refractivity (Wildman–Crippen MR) is 89.1 cm³/mol. The molecule has 0 aliphatic rings. The fourth-order valence-corrected chi connectivity index (χ4v) is 2.11. The quantitative estimate of drug-likeness (QED) is 0.629. The molecule has 0 fully saturated rings. The lowest BCUT2D eigenvalue weighted by atomic mass is 10.2. The Labute approximate surface area is 138 Å². The number of carbonyl (C=O) groups excluding carboxylic acids is 1. The first-order chi connectivity index (χ1) is 11.1. The van der Waals surface area contributed by atoms with Crippen LogP contribution in [0, 0.1) is 0 Å². The Morgan fingerprint density at radius 3 is 2.83 bits per heavy atom. The van der Waals surface area contributed by atoms with E-state index in [-0.39, 0.29) is 0 Å². The molecule has 0 saturated carbocycles. The minimum Gasteiger partial charge on any atom is -0.493 e. The molecule has 0 unspecified atom stereocenters. The number of amides is 2. The molecular weight excluding hydrogens is 318 g/mol. The van der Waals surface area contributed by atoms with Gasteiger partial charge in [0.15, 0.2) is 11.5 Å². The number of rotatable bonds is 6. The highest BCUT2D eigenvalue weighted by Gasteiger charge is 2.10. The van der Waals surface area contributed by atoms with Crippen LogP contribution in [0.2, 0.25) is 5.02 Å². The topological polar surface area (TPSA) is 85.9 Å². The van der Waals surface area contributed by atoms with Crippen LogP contribution in [0.4, 0.5) is 4.79 Å². The number of methoxy groups -OCH3 is 1. The molecule has 0 spiro atoms. The van der Waals surface area contributed by atoms with E-state index in [0.29, 0.717) is 28.7 Å². The van der Waals surface area contributed by atoms with Crippen LogP contribution < -0.4 is 20.6 Å². The third kappa shape index (κ3) is 4.89. The Bertz CT molecular complexity index is 719. The summed E-state index contributed by atoms with van der Waals surface area (Å²) < 4.78 is 11.1. The Kier molecular flexibility index (Phi) is 5.82. The summed E-state index contributed by atoms with van der Waals surface area (Å²) in [4.78, 5) is 10.7. The lowest BCUT2D eigenvalue weighted by Gasteiger charge is -2.13. The third-order valence-electron chi connectivity index (χ3n) is 2.88. The maximum atomic E-state index is 10.7. The second-order valence-corrected chi connectivity index (χ2v) is 4.97. The zero-order valence-corrected chi connectivity index (χ0v) is 13.2. The molecule has 2 aromatic carbocycles. The molecule has 3 N–H and O–H groups in total. The van der Waals surface area contributed by atoms with Crippen LogP contribution >= 0.6 is 11.6 Å². The SMILES string of the molecule is COc1cccc(/C=N\NC(N)=O)c1OCc1cccc(Cl)c1. The van der Waals surface area contributed by atoms with Gasteiger partial charge in [-0.05, 0) is 29.8 Å². The van der Waals surface area contributed by atoms with Gasteiger partial charge in [0, 0.05) is 10.6 Å². The molecule has 0 bridgehead atoms. The van der Waals surface area contributed by atoms with E-state index in [0.717, 1.165) is 5.56 Å². The third-order valence-corrected chi connectivity index (χ3v) is 3.11. The van der Waals surface area contributed by atoms with Gasteiger partial charge in [0.25, 0.3) is 0 Å². The van der Waals surface area contributed by atoms with Crippen LogP contribution in [-0.4, -0.2) is 19.4 Å². The molecule has 120 valence electrons. The van der Waals surface area contributed by atoms with E-state index < -0.39 is 6.03 Å². The number of halogens is 1. The molecule has 0 radical (unpaired) electrons. The second kappa shape index (κ2) is 8.05. The number of nitrogens with zero attached hydrogens (tertiary/aromatic N) is 1. The van der Waals surface area contributed by atoms with Crippen molar-refractivity contribution in [1.82, 2.24) is 5.43 Å². The number of carbonyl (C=O) groups is 1. The van der Waals surface area contributed by atoms with Crippen LogP contribution in [0.25, 0.3) is 0 Å². The van der Waals surface area contributed by atoms with E-state index in [1.807, 2.05) is 18.2 Å². The van der Waals surface area contributed by atoms with Gasteiger partial charge in [0.05, 0.1) is 13.3 Å². The summed E-state index contributed by atoms with van der Waals surface area (Å²) in [6, 6.07) is 12.0. The number of hydrazone groups is 1. The Morgan fingerprint density at radius 1 is 1.35 bits per heavy atom. The van der Waals surface area contributed by atoms with Gasteiger partial charge in [-0.15, -0.1) is 0 Å². The van der Waals surface area contributed by atoms with Crippen LogP contribution in [0.1, 0.15) is 11.1 Å². The van der Waals surface area contributed by atoms with E-state index >= 15 is 0 Å². The number of hydrogen-bond donors (Lipinski definition) is 2. The fourth-order valence-electron chi connectivity index (χ4n) is 1.90. The number of urea groups is 1. The molecule has 2 aromatic rings. The predicted octanol–water partition coefficient (Wildman–Crippen LogP) is 2.93. The first kappa shape index (κ1) is 16.6. The van der Waals surface area contributed by atoms with Gasteiger partial charge in [-0.25, -0.2) is 10.2 Å². The fraction of sp³-hybridized carbons (Fsp3) is 0.125. The van der Waals surface area contributed by atoms with Gasteiger partial charge < -0.3 is 15.2 Å². The van der Waals surface area contributed by atoms with E-state index in [2.05, 4.69) is 10.5 Å². The Morgan fingerprint density at radius 2 is 2.13 bits per heavy atom. The number of ether oxygens (including phenoxy) is 2. The van der Waals surface area contributed by atoms with Crippen molar-refractivity contribution in [2.45, 2.75) is 6.61 Å². The first-order valence-corrected chi connectivity index (χ1v) is 7.10. The standard InChI is InChI=1S/C16H16ClN3O3/c1-22-14-7-3-5-12(9-19-20-16(18)21)15(14)23-10-11-4-2-6-13(17)8-11/h2-9H,10H2,1H3,(H3,18,20,21)/b19-9-. The second-order valence-electron chi connectivity index (χ2n) is 4.53. The van der Waals surface area contributed by atoms with Crippen LogP contribution in [-0.2, 0) is 6.61 Å². The lowest BCUT2D eigenvalue weighted by Crippen LogP contribution is -2.24. The van der Waals surface area contributed by atoms with E-state index in [9.17, 15) is 4.79 Å². The van der Waals surface area contributed by atoms with Crippen molar-refractivity contribution in [2.24, 2.45) is 10.8 Å². The summed E-state index contributed by atoms with van der Waals surface area (Å²) in [5, 5.41) is 4.38. The maximum Gasteiger partial charge on any atom is 0.332 e. The molecule has 0 saturated heterocycles. The number of para-hydroxylation sites is 1. The van der Waals surface area contributed by atoms with Crippen molar-refractivity contribution in [3.8, 4) is 11.5 Å². The minimum absolute atomic E-state index is 0.311. The highest BCUT2D eigenvalue weighted by Crippen LogP contribution is 2.31. The summed E-state index contributed by atoms with van der Waals surface area (Å²) in [7, 11) is 1.55. The monoisotopic (exact) mass is 333 g/mol. The number of nitrogens with two attached hydrogens (primary N) is 1. The molecule has 0 aromatic heterocycles. The molecule has 0 atom stereocenters. The van der Waals surface area contributed by atoms with Crippen LogP contribution in [0.3, 0.4) is 0 Å². The molecular formula is C16H16ClN3O3. The molecule has 7 heteroatoms. The zero-order chi connectivity index (χ0) is 16.7. The summed E-state index contributed by atoms with van der Waals surface area (Å²) in [6.07, 6.45) is 1.43. The maximum absolute atomic E-state index is 10.7. The van der Waals surface area contributed by atoms with Crippen molar-refractivity contribution in [2.75, 3.05) is 7.11 Å². The smallest absolute Gasteiger partial charge is 0.332 e.